The van der Waals surface area contributed by atoms with Crippen LogP contribution >= 0.6 is 0 Å². The van der Waals surface area contributed by atoms with Gasteiger partial charge in [0.05, 0.1) is 6.54 Å². The minimum Gasteiger partial charge on any atom is -0.386 e. The van der Waals surface area contributed by atoms with Gasteiger partial charge >= 0.3 is 0 Å². The van der Waals surface area contributed by atoms with Gasteiger partial charge in [0.15, 0.2) is 0 Å². The van der Waals surface area contributed by atoms with Gasteiger partial charge in [-0.2, -0.15) is 0 Å². The van der Waals surface area contributed by atoms with E-state index in [2.05, 4.69) is 15.3 Å². The molecule has 2 fully saturated rings. The van der Waals surface area contributed by atoms with Crippen LogP contribution in [-0.2, 0) is 4.79 Å². The van der Waals surface area contributed by atoms with E-state index in [4.69, 9.17) is 0 Å². The van der Waals surface area contributed by atoms with Crippen molar-refractivity contribution in [3.05, 3.63) is 18.5 Å². The first-order valence-corrected chi connectivity index (χ1v) is 7.16. The topological polar surface area (TPSA) is 78.4 Å². The van der Waals surface area contributed by atoms with Gasteiger partial charge in [-0.1, -0.05) is 0 Å². The Morgan fingerprint density at radius 1 is 1.45 bits per heavy atom. The van der Waals surface area contributed by atoms with Crippen molar-refractivity contribution >= 4 is 11.9 Å². The Balaban J connectivity index is 1.50. The molecule has 1 aliphatic heterocycles. The zero-order valence-corrected chi connectivity index (χ0v) is 11.5. The largest absolute Gasteiger partial charge is 0.386 e. The number of amides is 1. The number of anilines is 1. The lowest BCUT2D eigenvalue weighted by Crippen LogP contribution is -2.45. The number of hydrogen-bond donors (Lipinski definition) is 2. The average Bonchev–Trinajstić information content (AvgIpc) is 3.18. The molecule has 0 spiro atoms. The van der Waals surface area contributed by atoms with E-state index in [0.29, 0.717) is 44.3 Å². The fourth-order valence-electron chi connectivity index (χ4n) is 2.55. The average molecular weight is 276 g/mol. The molecule has 2 aliphatic rings. The minimum atomic E-state index is -0.877. The molecule has 20 heavy (non-hydrogen) atoms. The highest BCUT2D eigenvalue weighted by Crippen LogP contribution is 2.32. The first-order chi connectivity index (χ1) is 9.65. The van der Waals surface area contributed by atoms with E-state index in [-0.39, 0.29) is 5.91 Å². The number of aliphatic hydroxyl groups is 1. The molecular formula is C14H20N4O2. The molecule has 2 heterocycles. The van der Waals surface area contributed by atoms with Crippen LogP contribution in [0.25, 0.3) is 0 Å². The second-order valence-electron chi connectivity index (χ2n) is 5.87. The molecule has 3 rings (SSSR count). The molecule has 0 bridgehead atoms. The smallest absolute Gasteiger partial charge is 0.225 e. The number of β-amino-alcohol motifs (C(OH)–C–C–N with tert-alkyl or cyclic N) is 1. The van der Waals surface area contributed by atoms with Gasteiger partial charge in [0.1, 0.15) is 5.60 Å². The summed E-state index contributed by atoms with van der Waals surface area (Å²) < 4.78 is 0. The standard InChI is InChI=1S/C14H20N4O2/c19-12(8-11-2-3-11)17-9-14(20)4-7-18(10-14)13-15-5-1-6-16-13/h1,5-6,11,20H,2-4,7-10H2,(H,17,19). The Morgan fingerprint density at radius 3 is 2.90 bits per heavy atom. The highest BCUT2D eigenvalue weighted by Gasteiger charge is 2.37. The van der Waals surface area contributed by atoms with Gasteiger partial charge in [-0.05, 0) is 31.2 Å². The first-order valence-electron chi connectivity index (χ1n) is 7.16. The third-order valence-corrected chi connectivity index (χ3v) is 3.95. The molecule has 1 saturated carbocycles. The molecule has 1 aromatic heterocycles. The van der Waals surface area contributed by atoms with E-state index >= 15 is 0 Å². The van der Waals surface area contributed by atoms with Crippen molar-refractivity contribution in [3.8, 4) is 0 Å². The monoisotopic (exact) mass is 276 g/mol. The number of carbonyl (C=O) groups is 1. The molecule has 0 aromatic carbocycles. The van der Waals surface area contributed by atoms with E-state index in [1.807, 2.05) is 4.90 Å². The van der Waals surface area contributed by atoms with Crippen molar-refractivity contribution in [1.29, 1.82) is 0 Å². The van der Waals surface area contributed by atoms with Crippen LogP contribution < -0.4 is 10.2 Å². The van der Waals surface area contributed by atoms with E-state index in [1.54, 1.807) is 18.5 Å². The van der Waals surface area contributed by atoms with E-state index in [0.717, 1.165) is 12.8 Å². The van der Waals surface area contributed by atoms with Crippen LogP contribution in [-0.4, -0.2) is 46.2 Å². The normalized spacial score (nSPS) is 25.8. The fraction of sp³-hybridized carbons (Fsp3) is 0.643. The van der Waals surface area contributed by atoms with Gasteiger partial charge in [-0.3, -0.25) is 4.79 Å². The predicted octanol–water partition coefficient (Wildman–Crippen LogP) is 0.334. The SMILES string of the molecule is O=C(CC1CC1)NCC1(O)CCN(c2ncccn2)C1. The Labute approximate surface area is 118 Å². The van der Waals surface area contributed by atoms with Crippen molar-refractivity contribution in [1.82, 2.24) is 15.3 Å². The number of nitrogens with one attached hydrogen (secondary N) is 1. The summed E-state index contributed by atoms with van der Waals surface area (Å²) in [6.07, 6.45) is 6.93. The molecular weight excluding hydrogens is 256 g/mol. The van der Waals surface area contributed by atoms with Crippen LogP contribution in [0.3, 0.4) is 0 Å². The van der Waals surface area contributed by atoms with Crippen LogP contribution in [0.4, 0.5) is 5.95 Å². The molecule has 6 heteroatoms. The number of aromatic nitrogens is 2. The molecule has 108 valence electrons. The fourth-order valence-corrected chi connectivity index (χ4v) is 2.55. The van der Waals surface area contributed by atoms with Gasteiger partial charge in [-0.15, -0.1) is 0 Å². The van der Waals surface area contributed by atoms with Crippen LogP contribution in [0.1, 0.15) is 25.7 Å². The Bertz CT molecular complexity index is 477. The van der Waals surface area contributed by atoms with Crippen LogP contribution in [0, 0.1) is 5.92 Å². The van der Waals surface area contributed by atoms with Crippen molar-refractivity contribution in [2.45, 2.75) is 31.3 Å². The number of nitrogens with zero attached hydrogens (tertiary/aromatic N) is 3. The summed E-state index contributed by atoms with van der Waals surface area (Å²) in [6.45, 7) is 1.47. The lowest BCUT2D eigenvalue weighted by atomic mass is 10.0. The van der Waals surface area contributed by atoms with Crippen LogP contribution in [0.15, 0.2) is 18.5 Å². The first kappa shape index (κ1) is 13.3. The summed E-state index contributed by atoms with van der Waals surface area (Å²) >= 11 is 0. The summed E-state index contributed by atoms with van der Waals surface area (Å²) in [6, 6.07) is 1.77. The summed E-state index contributed by atoms with van der Waals surface area (Å²) in [5.74, 6) is 1.26. The molecule has 1 aliphatic carbocycles. The van der Waals surface area contributed by atoms with Gasteiger partial charge < -0.3 is 15.3 Å². The summed E-state index contributed by atoms with van der Waals surface area (Å²) in [7, 11) is 0. The lowest BCUT2D eigenvalue weighted by molar-refractivity contribution is -0.122. The predicted molar refractivity (Wildman–Crippen MR) is 74.2 cm³/mol. The van der Waals surface area contributed by atoms with Gasteiger partial charge in [0.2, 0.25) is 11.9 Å². The molecule has 1 aromatic rings. The molecule has 0 radical (unpaired) electrons. The summed E-state index contributed by atoms with van der Waals surface area (Å²) in [5, 5.41) is 13.4. The van der Waals surface area contributed by atoms with Crippen molar-refractivity contribution in [2.75, 3.05) is 24.5 Å². The van der Waals surface area contributed by atoms with Gasteiger partial charge in [0, 0.05) is 31.9 Å². The Morgan fingerprint density at radius 2 is 2.20 bits per heavy atom. The summed E-state index contributed by atoms with van der Waals surface area (Å²) in [5.41, 5.74) is -0.877. The van der Waals surface area contributed by atoms with Gasteiger partial charge in [0.25, 0.3) is 0 Å². The highest BCUT2D eigenvalue weighted by molar-refractivity contribution is 5.76. The number of hydrogen-bond acceptors (Lipinski definition) is 5. The third-order valence-electron chi connectivity index (χ3n) is 3.95. The quantitative estimate of drug-likeness (QED) is 0.810. The minimum absolute atomic E-state index is 0.0512. The maximum Gasteiger partial charge on any atom is 0.225 e. The summed E-state index contributed by atoms with van der Waals surface area (Å²) in [4.78, 5) is 22.0. The Kier molecular flexibility index (Phi) is 3.56. The van der Waals surface area contributed by atoms with E-state index < -0.39 is 5.60 Å². The highest BCUT2D eigenvalue weighted by atomic mass is 16.3. The molecule has 1 unspecified atom stereocenters. The maximum atomic E-state index is 11.7. The van der Waals surface area contributed by atoms with Crippen LogP contribution in [0.2, 0.25) is 0 Å². The Hall–Kier alpha value is -1.69. The molecule has 1 saturated heterocycles. The third kappa shape index (κ3) is 3.25. The molecule has 1 atom stereocenters. The van der Waals surface area contributed by atoms with Crippen molar-refractivity contribution in [3.63, 3.8) is 0 Å². The molecule has 6 nitrogen and oxygen atoms in total. The molecule has 1 amide bonds. The van der Waals surface area contributed by atoms with Crippen molar-refractivity contribution < 1.29 is 9.90 Å². The molecule has 2 N–H and O–H groups in total. The van der Waals surface area contributed by atoms with Crippen LogP contribution in [0.5, 0.6) is 0 Å². The zero-order chi connectivity index (χ0) is 14.0. The second-order valence-corrected chi connectivity index (χ2v) is 5.87. The van der Waals surface area contributed by atoms with E-state index in [9.17, 15) is 9.90 Å². The number of rotatable bonds is 5. The zero-order valence-electron chi connectivity index (χ0n) is 11.5. The number of carbonyl (C=O) groups excluding carboxylic acids is 1. The van der Waals surface area contributed by atoms with Gasteiger partial charge in [-0.25, -0.2) is 9.97 Å². The van der Waals surface area contributed by atoms with E-state index in [1.165, 1.54) is 0 Å². The maximum absolute atomic E-state index is 11.7. The second kappa shape index (κ2) is 5.36. The van der Waals surface area contributed by atoms with Crippen molar-refractivity contribution in [2.24, 2.45) is 5.92 Å². The lowest BCUT2D eigenvalue weighted by Gasteiger charge is -2.23.